The van der Waals surface area contributed by atoms with E-state index in [1.165, 1.54) is 12.1 Å². The monoisotopic (exact) mass is 110 g/mol. The van der Waals surface area contributed by atoms with Gasteiger partial charge in [0, 0.05) is 6.07 Å². The number of H-pyrrole nitrogens is 1. The molecule has 1 rings (SSSR count). The van der Waals surface area contributed by atoms with Crippen LogP contribution in [0.2, 0.25) is 0 Å². The van der Waals surface area contributed by atoms with Gasteiger partial charge in [-0.05, 0) is 6.07 Å². The molecule has 0 aliphatic heterocycles. The van der Waals surface area contributed by atoms with Crippen molar-refractivity contribution in [1.29, 1.82) is 0 Å². The van der Waals surface area contributed by atoms with Gasteiger partial charge in [-0.3, -0.25) is 10.5 Å². The minimum absolute atomic E-state index is 0.0737. The molecule has 4 nitrogen and oxygen atoms in total. The van der Waals surface area contributed by atoms with E-state index in [4.69, 9.17) is 5.73 Å². The van der Waals surface area contributed by atoms with E-state index in [2.05, 4.69) is 10.2 Å². The first-order chi connectivity index (χ1) is 3.79. The van der Waals surface area contributed by atoms with Gasteiger partial charge < -0.3 is 0 Å². The molecule has 0 amide bonds. The van der Waals surface area contributed by atoms with Crippen LogP contribution >= 0.6 is 0 Å². The van der Waals surface area contributed by atoms with Gasteiger partial charge in [-0.1, -0.05) is 0 Å². The smallest absolute Gasteiger partial charge is 0.264 e. The minimum Gasteiger partial charge on any atom is -0.281 e. The highest BCUT2D eigenvalue weighted by atomic mass is 16.1. The van der Waals surface area contributed by atoms with Crippen molar-refractivity contribution in [3.63, 3.8) is 0 Å². The van der Waals surface area contributed by atoms with Gasteiger partial charge in [0.2, 0.25) is 0 Å². The number of rotatable bonds is 0. The van der Waals surface area contributed by atoms with Crippen LogP contribution in [0.5, 0.6) is 0 Å². The van der Waals surface area contributed by atoms with Crippen LogP contribution in [-0.2, 0) is 0 Å². The highest BCUT2D eigenvalue weighted by Crippen LogP contribution is 1.86. The fraction of sp³-hybridized carbons (Fsp3) is 0. The molecule has 0 saturated carbocycles. The Labute approximate surface area is 45.3 Å². The van der Waals surface area contributed by atoms with E-state index < -0.39 is 0 Å². The number of hydrogen-bond donors (Lipinski definition) is 1. The van der Waals surface area contributed by atoms with Crippen LogP contribution in [0.4, 0.5) is 5.82 Å². The normalized spacial score (nSPS) is 9.00. The summed E-state index contributed by atoms with van der Waals surface area (Å²) < 4.78 is 0. The van der Waals surface area contributed by atoms with Crippen LogP contribution < -0.4 is 11.3 Å². The van der Waals surface area contributed by atoms with Gasteiger partial charge in [-0.2, -0.15) is 5.10 Å². The molecule has 2 N–H and O–H groups in total. The molecule has 1 aromatic rings. The van der Waals surface area contributed by atoms with E-state index in [9.17, 15) is 4.79 Å². The van der Waals surface area contributed by atoms with Crippen molar-refractivity contribution < 1.29 is 0 Å². The summed E-state index contributed by atoms with van der Waals surface area (Å²) >= 11 is 0. The first kappa shape index (κ1) is 4.83. The molecular formula is C4H4N3O. The lowest BCUT2D eigenvalue weighted by molar-refractivity contribution is 0.978. The maximum Gasteiger partial charge on any atom is 0.264 e. The van der Waals surface area contributed by atoms with E-state index in [1.54, 1.807) is 0 Å². The number of aromatic nitrogens is 2. The molecule has 0 saturated heterocycles. The molecule has 1 aromatic heterocycles. The standard InChI is InChI=1S/C4H4N3O/c5-3-1-2-4(8)7-6-3/h1-2,5H,(H,7,8). The molecule has 0 bridgehead atoms. The Balaban J connectivity index is 3.22. The van der Waals surface area contributed by atoms with Crippen molar-refractivity contribution in [3.8, 4) is 0 Å². The van der Waals surface area contributed by atoms with Crippen molar-refractivity contribution in [2.45, 2.75) is 0 Å². The van der Waals surface area contributed by atoms with Crippen LogP contribution in [0.1, 0.15) is 0 Å². The molecule has 0 spiro atoms. The first-order valence-electron chi connectivity index (χ1n) is 2.06. The second-order valence-corrected chi connectivity index (χ2v) is 1.31. The largest absolute Gasteiger partial charge is 0.281 e. The van der Waals surface area contributed by atoms with E-state index in [-0.39, 0.29) is 11.4 Å². The molecule has 0 atom stereocenters. The third-order valence-electron chi connectivity index (χ3n) is 0.679. The van der Waals surface area contributed by atoms with Gasteiger partial charge in [-0.25, -0.2) is 5.10 Å². The average molecular weight is 110 g/mol. The van der Waals surface area contributed by atoms with Gasteiger partial charge in [0.15, 0.2) is 5.82 Å². The van der Waals surface area contributed by atoms with Crippen LogP contribution in [0.3, 0.4) is 0 Å². The number of nitrogens with one attached hydrogen (secondary N) is 2. The minimum atomic E-state index is -0.277. The summed E-state index contributed by atoms with van der Waals surface area (Å²) in [4.78, 5) is 10.2. The summed E-state index contributed by atoms with van der Waals surface area (Å²) in [6, 6.07) is 2.59. The SMILES string of the molecule is [NH]c1ccc(=O)[nH]n1. The van der Waals surface area contributed by atoms with Crippen molar-refractivity contribution in [2.24, 2.45) is 0 Å². The molecule has 1 radical (unpaired) electrons. The second-order valence-electron chi connectivity index (χ2n) is 1.31. The summed E-state index contributed by atoms with van der Waals surface area (Å²) in [5.41, 5.74) is 6.53. The summed E-state index contributed by atoms with van der Waals surface area (Å²) in [6.07, 6.45) is 0. The average Bonchev–Trinajstić information content (AvgIpc) is 1.77. The molecule has 0 fully saturated rings. The Hall–Kier alpha value is -1.32. The van der Waals surface area contributed by atoms with Gasteiger partial charge in [0.05, 0.1) is 0 Å². The van der Waals surface area contributed by atoms with Gasteiger partial charge in [0.1, 0.15) is 0 Å². The maximum atomic E-state index is 10.2. The molecule has 1 heterocycles. The van der Waals surface area contributed by atoms with Crippen molar-refractivity contribution in [2.75, 3.05) is 0 Å². The molecule has 0 aromatic carbocycles. The van der Waals surface area contributed by atoms with Crippen LogP contribution in [-0.4, -0.2) is 10.2 Å². The van der Waals surface area contributed by atoms with E-state index in [1.807, 2.05) is 0 Å². The van der Waals surface area contributed by atoms with E-state index in [0.717, 1.165) is 0 Å². The molecule has 0 aliphatic carbocycles. The van der Waals surface area contributed by atoms with Crippen LogP contribution in [0.15, 0.2) is 16.9 Å². The fourth-order valence-electron chi connectivity index (χ4n) is 0.344. The topological polar surface area (TPSA) is 69.6 Å². The summed E-state index contributed by atoms with van der Waals surface area (Å²) in [7, 11) is 0. The number of hydrogen-bond acceptors (Lipinski definition) is 2. The number of aromatic amines is 1. The molecule has 4 heteroatoms. The Morgan fingerprint density at radius 1 is 1.62 bits per heavy atom. The Kier molecular flexibility index (Phi) is 0.997. The highest BCUT2D eigenvalue weighted by molar-refractivity contribution is 5.17. The molecular weight excluding hydrogens is 106 g/mol. The molecule has 0 unspecified atom stereocenters. The summed E-state index contributed by atoms with van der Waals surface area (Å²) in [6.45, 7) is 0. The van der Waals surface area contributed by atoms with Crippen molar-refractivity contribution in [3.05, 3.63) is 22.5 Å². The predicted octanol–water partition coefficient (Wildman–Crippen LogP) is -0.316. The lowest BCUT2D eigenvalue weighted by Crippen LogP contribution is -2.04. The van der Waals surface area contributed by atoms with Crippen LogP contribution in [0, 0.1) is 0 Å². The first-order valence-corrected chi connectivity index (χ1v) is 2.06. The summed E-state index contributed by atoms with van der Waals surface area (Å²) in [5.74, 6) is 0.0737. The third kappa shape index (κ3) is 0.841. The zero-order chi connectivity index (χ0) is 5.98. The van der Waals surface area contributed by atoms with Gasteiger partial charge in [0.25, 0.3) is 5.56 Å². The van der Waals surface area contributed by atoms with Crippen LogP contribution in [0.25, 0.3) is 0 Å². The quantitative estimate of drug-likeness (QED) is 0.497. The lowest BCUT2D eigenvalue weighted by Gasteiger charge is -1.81. The van der Waals surface area contributed by atoms with Crippen molar-refractivity contribution in [1.82, 2.24) is 15.9 Å². The molecule has 0 aliphatic rings. The summed E-state index contributed by atoms with van der Waals surface area (Å²) in [5, 5.41) is 5.41. The highest BCUT2D eigenvalue weighted by Gasteiger charge is 1.81. The maximum absolute atomic E-state index is 10.2. The third-order valence-corrected chi connectivity index (χ3v) is 0.679. The predicted molar refractivity (Wildman–Crippen MR) is 27.6 cm³/mol. The van der Waals surface area contributed by atoms with Gasteiger partial charge >= 0.3 is 0 Å². The van der Waals surface area contributed by atoms with Crippen molar-refractivity contribution >= 4 is 5.82 Å². The Morgan fingerprint density at radius 2 is 2.38 bits per heavy atom. The molecule has 8 heavy (non-hydrogen) atoms. The molecule has 41 valence electrons. The number of nitrogens with zero attached hydrogens (tertiary/aromatic N) is 1. The van der Waals surface area contributed by atoms with E-state index in [0.29, 0.717) is 0 Å². The zero-order valence-corrected chi connectivity index (χ0v) is 4.01. The Morgan fingerprint density at radius 3 is 2.75 bits per heavy atom. The zero-order valence-electron chi connectivity index (χ0n) is 4.01. The Bertz CT molecular complexity index is 208. The van der Waals surface area contributed by atoms with Gasteiger partial charge in [-0.15, -0.1) is 0 Å². The van der Waals surface area contributed by atoms with E-state index >= 15 is 0 Å². The fourth-order valence-corrected chi connectivity index (χ4v) is 0.344. The lowest BCUT2D eigenvalue weighted by atomic mass is 10.5. The second kappa shape index (κ2) is 1.65.